The highest BCUT2D eigenvalue weighted by atomic mass is 16.5. The Labute approximate surface area is 155 Å². The SMILES string of the molecule is COc1ccc(C(=O)c2ccc(OC)cc2C2CCC2)c(C2CCC2)c1. The second kappa shape index (κ2) is 7.14. The normalized spacial score (nSPS) is 17.3. The molecule has 2 saturated carbocycles. The van der Waals surface area contributed by atoms with Crippen LogP contribution in [0.5, 0.6) is 11.5 Å². The van der Waals surface area contributed by atoms with Gasteiger partial charge in [-0.2, -0.15) is 0 Å². The van der Waals surface area contributed by atoms with E-state index in [4.69, 9.17) is 9.47 Å². The highest BCUT2D eigenvalue weighted by Crippen LogP contribution is 2.42. The molecule has 0 heterocycles. The van der Waals surface area contributed by atoms with Gasteiger partial charge in [-0.05, 0) is 85.0 Å². The van der Waals surface area contributed by atoms with Crippen LogP contribution in [0, 0.1) is 0 Å². The van der Waals surface area contributed by atoms with Crippen LogP contribution >= 0.6 is 0 Å². The lowest BCUT2D eigenvalue weighted by atomic mass is 9.74. The molecule has 0 radical (unpaired) electrons. The molecule has 136 valence electrons. The van der Waals surface area contributed by atoms with Crippen molar-refractivity contribution in [3.05, 3.63) is 58.7 Å². The Morgan fingerprint density at radius 2 is 1.19 bits per heavy atom. The van der Waals surface area contributed by atoms with Crippen molar-refractivity contribution in [2.75, 3.05) is 14.2 Å². The van der Waals surface area contributed by atoms with Crippen LogP contribution in [-0.4, -0.2) is 20.0 Å². The Balaban J connectivity index is 1.76. The highest BCUT2D eigenvalue weighted by Gasteiger charge is 2.29. The third-order valence-electron chi connectivity index (χ3n) is 6.10. The molecular weight excluding hydrogens is 324 g/mol. The Morgan fingerprint density at radius 3 is 1.50 bits per heavy atom. The number of rotatable bonds is 6. The first kappa shape index (κ1) is 17.1. The van der Waals surface area contributed by atoms with E-state index in [1.54, 1.807) is 14.2 Å². The van der Waals surface area contributed by atoms with E-state index in [9.17, 15) is 4.79 Å². The minimum Gasteiger partial charge on any atom is -0.497 e. The summed E-state index contributed by atoms with van der Waals surface area (Å²) in [6.07, 6.45) is 7.12. The molecule has 0 aliphatic heterocycles. The summed E-state index contributed by atoms with van der Waals surface area (Å²) in [4.78, 5) is 13.5. The minimum absolute atomic E-state index is 0.138. The summed E-state index contributed by atoms with van der Waals surface area (Å²) in [6.45, 7) is 0. The van der Waals surface area contributed by atoms with Crippen LogP contribution in [0.2, 0.25) is 0 Å². The fourth-order valence-corrected chi connectivity index (χ4v) is 4.01. The molecular formula is C23H26O3. The molecule has 4 rings (SSSR count). The van der Waals surface area contributed by atoms with Gasteiger partial charge in [0, 0.05) is 11.1 Å². The van der Waals surface area contributed by atoms with E-state index in [0.29, 0.717) is 11.8 Å². The summed E-state index contributed by atoms with van der Waals surface area (Å²) in [6, 6.07) is 11.8. The lowest BCUT2D eigenvalue weighted by Gasteiger charge is -2.30. The maximum atomic E-state index is 13.5. The molecule has 26 heavy (non-hydrogen) atoms. The molecule has 2 aromatic rings. The van der Waals surface area contributed by atoms with E-state index in [2.05, 4.69) is 12.1 Å². The number of ether oxygens (including phenoxy) is 2. The van der Waals surface area contributed by atoms with Gasteiger partial charge in [0.2, 0.25) is 0 Å². The van der Waals surface area contributed by atoms with Crippen LogP contribution < -0.4 is 9.47 Å². The summed E-state index contributed by atoms with van der Waals surface area (Å²) in [5.41, 5.74) is 3.97. The largest absolute Gasteiger partial charge is 0.497 e. The molecule has 0 spiro atoms. The average Bonchev–Trinajstić information content (AvgIpc) is 2.58. The van der Waals surface area contributed by atoms with Crippen molar-refractivity contribution in [2.24, 2.45) is 0 Å². The first-order chi connectivity index (χ1) is 12.7. The number of carbonyl (C=O) groups excluding carboxylic acids is 1. The maximum Gasteiger partial charge on any atom is 0.193 e. The Bertz CT molecular complexity index is 749. The van der Waals surface area contributed by atoms with Crippen molar-refractivity contribution in [1.82, 2.24) is 0 Å². The monoisotopic (exact) mass is 350 g/mol. The van der Waals surface area contributed by atoms with E-state index < -0.39 is 0 Å². The minimum atomic E-state index is 0.138. The van der Waals surface area contributed by atoms with Crippen LogP contribution in [0.1, 0.15) is 77.4 Å². The summed E-state index contributed by atoms with van der Waals surface area (Å²) in [7, 11) is 3.36. The third kappa shape index (κ3) is 3.00. The van der Waals surface area contributed by atoms with E-state index in [-0.39, 0.29) is 5.78 Å². The van der Waals surface area contributed by atoms with Gasteiger partial charge in [0.05, 0.1) is 14.2 Å². The van der Waals surface area contributed by atoms with Gasteiger partial charge in [-0.25, -0.2) is 0 Å². The van der Waals surface area contributed by atoms with Crippen molar-refractivity contribution in [2.45, 2.75) is 50.4 Å². The first-order valence-electron chi connectivity index (χ1n) is 9.62. The summed E-state index contributed by atoms with van der Waals surface area (Å²) >= 11 is 0. The lowest BCUT2D eigenvalue weighted by Crippen LogP contribution is -2.18. The van der Waals surface area contributed by atoms with Crippen molar-refractivity contribution in [1.29, 1.82) is 0 Å². The molecule has 3 nitrogen and oxygen atoms in total. The van der Waals surface area contributed by atoms with Crippen LogP contribution in [-0.2, 0) is 0 Å². The van der Waals surface area contributed by atoms with Crippen LogP contribution in [0.4, 0.5) is 0 Å². The summed E-state index contributed by atoms with van der Waals surface area (Å²) in [5, 5.41) is 0. The number of methoxy groups -OCH3 is 2. The molecule has 0 amide bonds. The molecule has 2 aliphatic carbocycles. The molecule has 0 bridgehead atoms. The molecule has 0 unspecified atom stereocenters. The summed E-state index contributed by atoms with van der Waals surface area (Å²) < 4.78 is 10.8. The van der Waals surface area contributed by atoms with Gasteiger partial charge in [0.1, 0.15) is 11.5 Å². The smallest absolute Gasteiger partial charge is 0.193 e. The predicted molar refractivity (Wildman–Crippen MR) is 103 cm³/mol. The van der Waals surface area contributed by atoms with Gasteiger partial charge in [0.15, 0.2) is 5.78 Å². The Kier molecular flexibility index (Phi) is 4.71. The number of hydrogen-bond acceptors (Lipinski definition) is 3. The summed E-state index contributed by atoms with van der Waals surface area (Å²) in [5.74, 6) is 2.76. The molecule has 0 aromatic heterocycles. The van der Waals surface area contributed by atoms with Crippen molar-refractivity contribution >= 4 is 5.78 Å². The Hall–Kier alpha value is -2.29. The topological polar surface area (TPSA) is 35.5 Å². The fraction of sp³-hybridized carbons (Fsp3) is 0.435. The molecule has 0 atom stereocenters. The van der Waals surface area contributed by atoms with Crippen molar-refractivity contribution in [3.63, 3.8) is 0 Å². The van der Waals surface area contributed by atoms with E-state index >= 15 is 0 Å². The molecule has 3 heteroatoms. The number of carbonyl (C=O) groups is 1. The average molecular weight is 350 g/mol. The van der Waals surface area contributed by atoms with Crippen molar-refractivity contribution < 1.29 is 14.3 Å². The molecule has 2 aliphatic rings. The second-order valence-corrected chi connectivity index (χ2v) is 7.49. The quantitative estimate of drug-likeness (QED) is 0.648. The zero-order valence-corrected chi connectivity index (χ0v) is 15.6. The standard InChI is InChI=1S/C23H26O3/c1-25-17-9-11-19(21(13-17)15-5-3-6-15)23(24)20-12-10-18(26-2)14-22(20)16-7-4-8-16/h9-16H,3-8H2,1-2H3. The van der Waals surface area contributed by atoms with E-state index in [1.165, 1.54) is 12.8 Å². The Morgan fingerprint density at radius 1 is 0.769 bits per heavy atom. The first-order valence-corrected chi connectivity index (χ1v) is 9.62. The molecule has 0 N–H and O–H groups in total. The predicted octanol–water partition coefficient (Wildman–Crippen LogP) is 5.47. The van der Waals surface area contributed by atoms with E-state index in [0.717, 1.165) is 59.4 Å². The zero-order chi connectivity index (χ0) is 18.1. The van der Waals surface area contributed by atoms with Gasteiger partial charge >= 0.3 is 0 Å². The van der Waals surface area contributed by atoms with Gasteiger partial charge < -0.3 is 9.47 Å². The number of hydrogen-bond donors (Lipinski definition) is 0. The highest BCUT2D eigenvalue weighted by molar-refractivity contribution is 6.11. The molecule has 2 aromatic carbocycles. The van der Waals surface area contributed by atoms with Gasteiger partial charge in [-0.15, -0.1) is 0 Å². The number of benzene rings is 2. The zero-order valence-electron chi connectivity index (χ0n) is 15.6. The third-order valence-corrected chi connectivity index (χ3v) is 6.10. The van der Waals surface area contributed by atoms with E-state index in [1.807, 2.05) is 24.3 Å². The number of ketones is 1. The maximum absolute atomic E-state index is 13.5. The van der Waals surface area contributed by atoms with Gasteiger partial charge in [-0.1, -0.05) is 12.8 Å². The molecule has 2 fully saturated rings. The van der Waals surface area contributed by atoms with Crippen LogP contribution in [0.25, 0.3) is 0 Å². The van der Waals surface area contributed by atoms with Crippen LogP contribution in [0.3, 0.4) is 0 Å². The van der Waals surface area contributed by atoms with Gasteiger partial charge in [-0.3, -0.25) is 4.79 Å². The molecule has 0 saturated heterocycles. The lowest BCUT2D eigenvalue weighted by molar-refractivity contribution is 0.103. The van der Waals surface area contributed by atoms with Crippen LogP contribution in [0.15, 0.2) is 36.4 Å². The van der Waals surface area contributed by atoms with Crippen molar-refractivity contribution in [3.8, 4) is 11.5 Å². The van der Waals surface area contributed by atoms with Gasteiger partial charge in [0.25, 0.3) is 0 Å². The fourth-order valence-electron chi connectivity index (χ4n) is 4.01. The second-order valence-electron chi connectivity index (χ2n) is 7.49.